The van der Waals surface area contributed by atoms with Gasteiger partial charge in [-0.05, 0) is 67.2 Å². The number of methoxy groups -OCH3 is 1. The van der Waals surface area contributed by atoms with Crippen LogP contribution in [0.25, 0.3) is 33.3 Å². The molecule has 2 heterocycles. The van der Waals surface area contributed by atoms with Gasteiger partial charge in [0.15, 0.2) is 11.6 Å². The Hall–Kier alpha value is -4.52. The lowest BCUT2D eigenvalue weighted by molar-refractivity contribution is -0.151. The lowest BCUT2D eigenvalue weighted by Crippen LogP contribution is -2.46. The molecule has 41 heavy (non-hydrogen) atoms. The Morgan fingerprint density at radius 1 is 1.15 bits per heavy atom. The number of pyridine rings is 1. The van der Waals surface area contributed by atoms with Crippen LogP contribution in [0.1, 0.15) is 31.2 Å². The highest BCUT2D eigenvalue weighted by atomic mass is 19.1. The zero-order valence-electron chi connectivity index (χ0n) is 22.2. The van der Waals surface area contributed by atoms with Crippen LogP contribution in [-0.4, -0.2) is 34.7 Å². The zero-order valence-corrected chi connectivity index (χ0v) is 22.2. The molecule has 3 saturated carbocycles. The Morgan fingerprint density at radius 2 is 1.85 bits per heavy atom. The fourth-order valence-electron chi connectivity index (χ4n) is 6.83. The summed E-state index contributed by atoms with van der Waals surface area (Å²) in [7, 11) is 1.50. The lowest BCUT2D eigenvalue weighted by Gasteiger charge is -2.46. The Morgan fingerprint density at radius 3 is 2.51 bits per heavy atom. The summed E-state index contributed by atoms with van der Waals surface area (Å²) in [6, 6.07) is 10.4. The Kier molecular flexibility index (Phi) is 6.81. The van der Waals surface area contributed by atoms with E-state index in [1.165, 1.54) is 13.3 Å². The second-order valence-corrected chi connectivity index (χ2v) is 10.8. The van der Waals surface area contributed by atoms with Crippen molar-refractivity contribution in [1.82, 2.24) is 9.97 Å². The van der Waals surface area contributed by atoms with Gasteiger partial charge < -0.3 is 20.1 Å². The molecule has 2 atom stereocenters. The topological polar surface area (TPSA) is 111 Å². The van der Waals surface area contributed by atoms with Crippen molar-refractivity contribution < 1.29 is 27.8 Å². The van der Waals surface area contributed by atoms with Crippen LogP contribution < -0.4 is 10.1 Å². The molecule has 3 fully saturated rings. The maximum atomic E-state index is 16.3. The molecular formula is C31H27F3N4O3. The highest BCUT2D eigenvalue weighted by molar-refractivity contribution is 5.98. The third kappa shape index (κ3) is 4.55. The number of aromatic nitrogens is 2. The van der Waals surface area contributed by atoms with Crippen LogP contribution in [0.15, 0.2) is 42.6 Å². The first-order valence-corrected chi connectivity index (χ1v) is 13.5. The van der Waals surface area contributed by atoms with Crippen molar-refractivity contribution in [2.75, 3.05) is 19.0 Å². The van der Waals surface area contributed by atoms with Gasteiger partial charge in [0.2, 0.25) is 0 Å². The van der Waals surface area contributed by atoms with Crippen LogP contribution >= 0.6 is 0 Å². The molecule has 4 aromatic rings. The van der Waals surface area contributed by atoms with E-state index in [1.807, 2.05) is 0 Å². The van der Waals surface area contributed by atoms with Gasteiger partial charge in [-0.25, -0.2) is 18.2 Å². The van der Waals surface area contributed by atoms with Crippen molar-refractivity contribution in [2.45, 2.75) is 25.7 Å². The highest BCUT2D eigenvalue weighted by Crippen LogP contribution is 2.49. The van der Waals surface area contributed by atoms with Crippen molar-refractivity contribution in [3.63, 3.8) is 0 Å². The highest BCUT2D eigenvalue weighted by Gasteiger charge is 2.47. The Labute approximate surface area is 234 Å². The van der Waals surface area contributed by atoms with Crippen molar-refractivity contribution in [3.8, 4) is 34.2 Å². The van der Waals surface area contributed by atoms with E-state index in [0.29, 0.717) is 11.3 Å². The molecule has 2 aromatic carbocycles. The number of aromatic amines is 1. The number of aliphatic carboxylic acids is 1. The third-order valence-electron chi connectivity index (χ3n) is 8.77. The molecule has 0 radical (unpaired) electrons. The zero-order chi connectivity index (χ0) is 28.8. The average molecular weight is 561 g/mol. The van der Waals surface area contributed by atoms with Crippen LogP contribution in [0, 0.1) is 52.5 Å². The molecule has 3 N–H and O–H groups in total. The second-order valence-electron chi connectivity index (χ2n) is 10.8. The number of nitriles is 1. The number of halogens is 3. The molecule has 1 unspecified atom stereocenters. The fraction of sp³-hybridized carbons (Fsp3) is 0.323. The standard InChI is InChI=1S/C31H27F3N4O3/c1-41-19-8-6-16(7-9-19)25-21(12-35)28(23-14-36-29-20(23)10-18(32)11-24(29)33)38-30(27(25)34)37-13-22-15-2-4-17(5-3-15)26(22)31(39)40/h6-11,14-15,17,22,26,36H,2-5,13H2,1H3,(H,37,38)(H,39,40)/t15?,17?,22?,26-/m1/s1. The van der Waals surface area contributed by atoms with Crippen LogP contribution in [-0.2, 0) is 4.79 Å². The lowest BCUT2D eigenvalue weighted by atomic mass is 9.58. The van der Waals surface area contributed by atoms with Crippen LogP contribution in [0.2, 0.25) is 0 Å². The van der Waals surface area contributed by atoms with Crippen LogP contribution in [0.5, 0.6) is 5.75 Å². The molecule has 2 aromatic heterocycles. The van der Waals surface area contributed by atoms with Gasteiger partial charge in [-0.15, -0.1) is 0 Å². The first-order valence-electron chi connectivity index (χ1n) is 13.5. The molecule has 0 aliphatic heterocycles. The minimum Gasteiger partial charge on any atom is -0.497 e. The summed E-state index contributed by atoms with van der Waals surface area (Å²) in [6.07, 6.45) is 5.02. The number of carboxylic acids is 1. The molecule has 2 bridgehead atoms. The average Bonchev–Trinajstić information content (AvgIpc) is 3.40. The first-order chi connectivity index (χ1) is 19.8. The number of anilines is 1. The third-order valence-corrected chi connectivity index (χ3v) is 8.77. The molecule has 0 amide bonds. The van der Waals surface area contributed by atoms with Gasteiger partial charge in [0.25, 0.3) is 0 Å². The summed E-state index contributed by atoms with van der Waals surface area (Å²) in [4.78, 5) is 19.4. The van der Waals surface area contributed by atoms with E-state index < -0.39 is 29.3 Å². The van der Waals surface area contributed by atoms with Gasteiger partial charge in [-0.1, -0.05) is 12.1 Å². The van der Waals surface area contributed by atoms with Crippen molar-refractivity contribution in [1.29, 1.82) is 5.26 Å². The monoisotopic (exact) mass is 560 g/mol. The minimum absolute atomic E-state index is 0.0273. The van der Waals surface area contributed by atoms with Crippen molar-refractivity contribution in [2.24, 2.45) is 23.7 Å². The van der Waals surface area contributed by atoms with E-state index in [4.69, 9.17) is 4.74 Å². The van der Waals surface area contributed by atoms with Crippen molar-refractivity contribution >= 4 is 22.7 Å². The molecule has 3 aliphatic rings. The summed E-state index contributed by atoms with van der Waals surface area (Å²) in [5, 5.41) is 23.4. The maximum absolute atomic E-state index is 16.3. The van der Waals surface area contributed by atoms with Gasteiger partial charge in [0.1, 0.15) is 23.5 Å². The number of benzene rings is 2. The summed E-state index contributed by atoms with van der Waals surface area (Å²) >= 11 is 0. The first kappa shape index (κ1) is 26.7. The van der Waals surface area contributed by atoms with E-state index in [2.05, 4.69) is 21.4 Å². The van der Waals surface area contributed by atoms with Gasteiger partial charge in [-0.3, -0.25) is 4.79 Å². The number of rotatable bonds is 7. The maximum Gasteiger partial charge on any atom is 0.307 e. The molecule has 210 valence electrons. The van der Waals surface area contributed by atoms with Gasteiger partial charge in [0.05, 0.1) is 29.8 Å². The summed E-state index contributed by atoms with van der Waals surface area (Å²) in [5.74, 6) is -3.32. The van der Waals surface area contributed by atoms with Crippen LogP contribution in [0.4, 0.5) is 19.0 Å². The number of fused-ring (bicyclic) bond motifs is 4. The molecule has 7 nitrogen and oxygen atoms in total. The largest absolute Gasteiger partial charge is 0.497 e. The Bertz CT molecular complexity index is 1690. The number of nitrogens with one attached hydrogen (secondary N) is 2. The minimum atomic E-state index is -0.845. The summed E-state index contributed by atoms with van der Waals surface area (Å²) < 4.78 is 50.3. The van der Waals surface area contributed by atoms with E-state index in [0.717, 1.165) is 37.8 Å². The fourth-order valence-corrected chi connectivity index (χ4v) is 6.83. The smallest absolute Gasteiger partial charge is 0.307 e. The van der Waals surface area contributed by atoms with Gasteiger partial charge in [0, 0.05) is 35.3 Å². The second kappa shape index (κ2) is 10.5. The predicted molar refractivity (Wildman–Crippen MR) is 147 cm³/mol. The molecule has 3 aliphatic carbocycles. The molecular weight excluding hydrogens is 533 g/mol. The molecule has 7 rings (SSSR count). The van der Waals surface area contributed by atoms with Crippen LogP contribution in [0.3, 0.4) is 0 Å². The number of carbonyl (C=O) groups is 1. The SMILES string of the molecule is COc1ccc(-c2c(F)c(NCC3C4CCC(CC4)[C@H]3C(=O)O)nc(-c3c[nH]c4c(F)cc(F)cc34)c2C#N)cc1. The molecule has 10 heteroatoms. The number of nitrogens with zero attached hydrogens (tertiary/aromatic N) is 2. The number of carboxylic acid groups (broad SMARTS) is 1. The van der Waals surface area contributed by atoms with E-state index in [9.17, 15) is 23.9 Å². The number of H-pyrrole nitrogens is 1. The quantitative estimate of drug-likeness (QED) is 0.231. The van der Waals surface area contributed by atoms with Crippen molar-refractivity contribution in [3.05, 3.63) is 65.6 Å². The number of hydrogen-bond donors (Lipinski definition) is 3. The summed E-state index contributed by atoms with van der Waals surface area (Å²) in [6.45, 7) is 0.187. The van der Waals surface area contributed by atoms with E-state index >= 15 is 4.39 Å². The Balaban J connectivity index is 1.50. The number of ether oxygens (including phenoxy) is 1. The van der Waals surface area contributed by atoms with E-state index in [-0.39, 0.29) is 63.4 Å². The summed E-state index contributed by atoms with van der Waals surface area (Å²) in [5.41, 5.74) is 0.535. The van der Waals surface area contributed by atoms with E-state index in [1.54, 1.807) is 24.3 Å². The predicted octanol–water partition coefficient (Wildman–Crippen LogP) is 6.74. The molecule has 0 saturated heterocycles. The molecule has 0 spiro atoms. The number of hydrogen-bond acceptors (Lipinski definition) is 5. The normalized spacial score (nSPS) is 21.5. The van der Waals surface area contributed by atoms with Gasteiger partial charge >= 0.3 is 5.97 Å². The van der Waals surface area contributed by atoms with Gasteiger partial charge in [-0.2, -0.15) is 5.26 Å².